The number of ether oxygens (including phenoxy) is 2. The molecule has 0 bridgehead atoms. The van der Waals surface area contributed by atoms with Gasteiger partial charge in [0.25, 0.3) is 5.91 Å². The highest BCUT2D eigenvalue weighted by Crippen LogP contribution is 2.34. The van der Waals surface area contributed by atoms with Gasteiger partial charge in [-0.05, 0) is 55.7 Å². The maximum absolute atomic E-state index is 13.2. The number of fused-ring (bicyclic) bond motifs is 1. The maximum Gasteiger partial charge on any atom is 0.283 e. The highest BCUT2D eigenvalue weighted by atomic mass is 32.2. The van der Waals surface area contributed by atoms with Crippen molar-refractivity contribution in [2.24, 2.45) is 4.99 Å². The van der Waals surface area contributed by atoms with Gasteiger partial charge in [0.2, 0.25) is 12.7 Å². The number of amides is 2. The molecule has 1 N–H and O–H groups in total. The number of aryl methyl sites for hydroxylation is 1. The van der Waals surface area contributed by atoms with Crippen LogP contribution in [0.2, 0.25) is 0 Å². The van der Waals surface area contributed by atoms with Gasteiger partial charge in [-0.25, -0.2) is 4.99 Å². The number of nitrogens with one attached hydrogen (secondary N) is 1. The summed E-state index contributed by atoms with van der Waals surface area (Å²) in [5.41, 5.74) is 2.92. The third-order valence-corrected chi connectivity index (χ3v) is 6.04. The molecule has 0 aromatic heterocycles. The molecule has 0 radical (unpaired) electrons. The van der Waals surface area contributed by atoms with E-state index in [1.54, 1.807) is 11.0 Å². The Labute approximate surface area is 184 Å². The van der Waals surface area contributed by atoms with Gasteiger partial charge < -0.3 is 14.8 Å². The molecular formula is C23H21N3O4S. The van der Waals surface area contributed by atoms with Crippen molar-refractivity contribution >= 4 is 40.5 Å². The first kappa shape index (κ1) is 19.7. The summed E-state index contributed by atoms with van der Waals surface area (Å²) in [6.45, 7) is 2.18. The molecule has 158 valence electrons. The van der Waals surface area contributed by atoms with Gasteiger partial charge in [-0.1, -0.05) is 35.5 Å². The van der Waals surface area contributed by atoms with Crippen LogP contribution in [0, 0.1) is 6.92 Å². The van der Waals surface area contributed by atoms with Gasteiger partial charge in [-0.2, -0.15) is 0 Å². The van der Waals surface area contributed by atoms with Crippen LogP contribution in [0.4, 0.5) is 5.69 Å². The number of anilines is 1. The summed E-state index contributed by atoms with van der Waals surface area (Å²) in [4.78, 5) is 31.5. The van der Waals surface area contributed by atoms with Crippen molar-refractivity contribution < 1.29 is 19.1 Å². The number of benzene rings is 2. The molecule has 0 spiro atoms. The first-order chi connectivity index (χ1) is 15.1. The van der Waals surface area contributed by atoms with Crippen molar-refractivity contribution in [3.8, 4) is 11.5 Å². The fraction of sp³-hybridized carbons (Fsp3) is 0.261. The Morgan fingerprint density at radius 3 is 2.74 bits per heavy atom. The number of nitrogens with zero attached hydrogens (tertiary/aromatic N) is 2. The van der Waals surface area contributed by atoms with Crippen LogP contribution in [0.5, 0.6) is 11.5 Å². The van der Waals surface area contributed by atoms with E-state index in [2.05, 4.69) is 10.3 Å². The van der Waals surface area contributed by atoms with E-state index in [9.17, 15) is 9.59 Å². The maximum atomic E-state index is 13.2. The summed E-state index contributed by atoms with van der Waals surface area (Å²) in [6.07, 6.45) is 3.80. The third kappa shape index (κ3) is 4.29. The fourth-order valence-electron chi connectivity index (χ4n) is 3.30. The van der Waals surface area contributed by atoms with Gasteiger partial charge >= 0.3 is 0 Å². The highest BCUT2D eigenvalue weighted by Gasteiger charge is 2.33. The van der Waals surface area contributed by atoms with Crippen LogP contribution < -0.4 is 19.7 Å². The van der Waals surface area contributed by atoms with Crippen LogP contribution in [0.3, 0.4) is 0 Å². The Balaban J connectivity index is 1.42. The lowest BCUT2D eigenvalue weighted by molar-refractivity contribution is -0.118. The summed E-state index contributed by atoms with van der Waals surface area (Å²) in [7, 11) is 0. The lowest BCUT2D eigenvalue weighted by Gasteiger charge is -2.18. The molecule has 0 saturated heterocycles. The molecule has 5 rings (SSSR count). The molecule has 7 nitrogen and oxygen atoms in total. The van der Waals surface area contributed by atoms with Crippen molar-refractivity contribution in [2.75, 3.05) is 17.4 Å². The second-order valence-corrected chi connectivity index (χ2v) is 8.59. The zero-order chi connectivity index (χ0) is 21.4. The Bertz CT molecular complexity index is 1110. The van der Waals surface area contributed by atoms with Crippen LogP contribution in [-0.4, -0.2) is 35.6 Å². The number of carbonyl (C=O) groups excluding carboxylic acids is 2. The average Bonchev–Trinajstić information content (AvgIpc) is 3.35. The van der Waals surface area contributed by atoms with E-state index in [1.807, 2.05) is 49.4 Å². The number of aliphatic imine (C=N–C) groups is 1. The summed E-state index contributed by atoms with van der Waals surface area (Å²) < 4.78 is 10.8. The van der Waals surface area contributed by atoms with Crippen LogP contribution in [0.1, 0.15) is 24.0 Å². The lowest BCUT2D eigenvalue weighted by atomic mass is 10.1. The molecule has 1 aliphatic carbocycles. The van der Waals surface area contributed by atoms with Gasteiger partial charge in [-0.3, -0.25) is 14.5 Å². The smallest absolute Gasteiger partial charge is 0.283 e. The predicted molar refractivity (Wildman–Crippen MR) is 120 cm³/mol. The molecule has 31 heavy (non-hydrogen) atoms. The quantitative estimate of drug-likeness (QED) is 0.728. The standard InChI is InChI=1S/C23H21N3O4S/c1-14-2-7-17(8-3-14)26-22(28)18(10-15-4-9-19-20(11-15)30-13-29-19)25-23(26)31-12-21(27)24-16-5-6-16/h2-4,7-11,16H,5-6,12-13H2,1H3,(H,24,27). The Morgan fingerprint density at radius 2 is 1.97 bits per heavy atom. The van der Waals surface area contributed by atoms with E-state index in [1.165, 1.54) is 11.8 Å². The van der Waals surface area contributed by atoms with Crippen molar-refractivity contribution in [3.05, 3.63) is 59.3 Å². The van der Waals surface area contributed by atoms with Crippen molar-refractivity contribution in [3.63, 3.8) is 0 Å². The molecule has 0 unspecified atom stereocenters. The number of thioether (sulfide) groups is 1. The first-order valence-corrected chi connectivity index (χ1v) is 11.1. The second-order valence-electron chi connectivity index (χ2n) is 7.64. The minimum atomic E-state index is -0.230. The lowest BCUT2D eigenvalue weighted by Crippen LogP contribution is -2.32. The van der Waals surface area contributed by atoms with Crippen molar-refractivity contribution in [1.82, 2.24) is 5.32 Å². The van der Waals surface area contributed by atoms with Crippen LogP contribution in [0.15, 0.2) is 53.2 Å². The summed E-state index contributed by atoms with van der Waals surface area (Å²) >= 11 is 1.26. The summed E-state index contributed by atoms with van der Waals surface area (Å²) in [6, 6.07) is 13.5. The minimum absolute atomic E-state index is 0.0419. The number of rotatable bonds is 5. The SMILES string of the molecule is Cc1ccc(N2C(=O)C(=Cc3ccc4c(c3)OCO4)N=C2SCC(=O)NC2CC2)cc1. The molecule has 1 saturated carbocycles. The topological polar surface area (TPSA) is 80.2 Å². The van der Waals surface area contributed by atoms with E-state index < -0.39 is 0 Å². The molecular weight excluding hydrogens is 414 g/mol. The predicted octanol–water partition coefficient (Wildman–Crippen LogP) is 3.48. The molecule has 8 heteroatoms. The molecule has 2 aliphatic heterocycles. The Morgan fingerprint density at radius 1 is 1.19 bits per heavy atom. The van der Waals surface area contributed by atoms with Gasteiger partial charge in [0.1, 0.15) is 5.70 Å². The first-order valence-electron chi connectivity index (χ1n) is 10.1. The molecule has 1 fully saturated rings. The van der Waals surface area contributed by atoms with Crippen LogP contribution >= 0.6 is 11.8 Å². The van der Waals surface area contributed by atoms with E-state index in [0.717, 1.165) is 29.7 Å². The Kier molecular flexibility index (Phi) is 5.15. The van der Waals surface area contributed by atoms with Gasteiger partial charge in [0.05, 0.1) is 11.4 Å². The van der Waals surface area contributed by atoms with Crippen LogP contribution in [0.25, 0.3) is 6.08 Å². The molecule has 2 aromatic carbocycles. The van der Waals surface area contributed by atoms with Gasteiger partial charge in [0, 0.05) is 6.04 Å². The monoisotopic (exact) mass is 435 g/mol. The Hall–Kier alpha value is -3.26. The average molecular weight is 436 g/mol. The summed E-state index contributed by atoms with van der Waals surface area (Å²) in [5.74, 6) is 1.27. The second kappa shape index (κ2) is 8.11. The number of amidine groups is 1. The van der Waals surface area contributed by atoms with Gasteiger partial charge in [-0.15, -0.1) is 0 Å². The zero-order valence-corrected chi connectivity index (χ0v) is 17.8. The normalized spacial score (nSPS) is 18.5. The van der Waals surface area contributed by atoms with Crippen LogP contribution in [-0.2, 0) is 9.59 Å². The molecule has 3 aliphatic rings. The molecule has 2 amide bonds. The van der Waals surface area contributed by atoms with Crippen molar-refractivity contribution in [2.45, 2.75) is 25.8 Å². The molecule has 0 atom stereocenters. The number of carbonyl (C=O) groups is 2. The summed E-state index contributed by atoms with van der Waals surface area (Å²) in [5, 5.41) is 3.46. The third-order valence-electron chi connectivity index (χ3n) is 5.10. The fourth-order valence-corrected chi connectivity index (χ4v) is 4.13. The van der Waals surface area contributed by atoms with E-state index in [0.29, 0.717) is 28.4 Å². The van der Waals surface area contributed by atoms with Gasteiger partial charge in [0.15, 0.2) is 16.7 Å². The van der Waals surface area contributed by atoms with E-state index in [-0.39, 0.29) is 24.4 Å². The molecule has 2 heterocycles. The van der Waals surface area contributed by atoms with E-state index >= 15 is 0 Å². The molecule has 2 aromatic rings. The highest BCUT2D eigenvalue weighted by molar-refractivity contribution is 8.14. The van der Waals surface area contributed by atoms with E-state index in [4.69, 9.17) is 9.47 Å². The number of hydrogen-bond acceptors (Lipinski definition) is 6. The minimum Gasteiger partial charge on any atom is -0.454 e. The largest absolute Gasteiger partial charge is 0.454 e. The zero-order valence-electron chi connectivity index (χ0n) is 17.0. The van der Waals surface area contributed by atoms with Crippen molar-refractivity contribution in [1.29, 1.82) is 0 Å². The number of hydrogen-bond donors (Lipinski definition) is 1.